The molecule has 0 fully saturated rings. The van der Waals surface area contributed by atoms with Crippen LogP contribution >= 0.6 is 11.6 Å². The molecule has 2 rings (SSSR count). The van der Waals surface area contributed by atoms with Gasteiger partial charge in [0.15, 0.2) is 0 Å². The third-order valence-corrected chi connectivity index (χ3v) is 3.42. The molecule has 2 aromatic carbocycles. The van der Waals surface area contributed by atoms with E-state index in [2.05, 4.69) is 24.4 Å². The fourth-order valence-electron chi connectivity index (χ4n) is 2.03. The molecule has 1 N–H and O–H groups in total. The first-order valence-corrected chi connectivity index (χ1v) is 6.82. The zero-order chi connectivity index (χ0) is 13.7. The van der Waals surface area contributed by atoms with Gasteiger partial charge in [-0.3, -0.25) is 0 Å². The second-order valence-electron chi connectivity index (χ2n) is 4.35. The second kappa shape index (κ2) is 6.60. The molecule has 1 unspecified atom stereocenters. The molecule has 0 spiro atoms. The number of para-hydroxylation sites is 1. The van der Waals surface area contributed by atoms with Gasteiger partial charge in [0.1, 0.15) is 11.5 Å². The average Bonchev–Trinajstić information content (AvgIpc) is 2.44. The molecular weight excluding hydrogens is 258 g/mol. The lowest BCUT2D eigenvalue weighted by molar-refractivity contribution is 0.482. The molecule has 0 heterocycles. The summed E-state index contributed by atoms with van der Waals surface area (Å²) in [5, 5.41) is 3.90. The maximum absolute atomic E-state index is 6.07. The summed E-state index contributed by atoms with van der Waals surface area (Å²) in [6, 6.07) is 16.0. The van der Waals surface area contributed by atoms with Crippen molar-refractivity contribution in [3.8, 4) is 11.5 Å². The minimum atomic E-state index is 0.384. The van der Waals surface area contributed by atoms with E-state index in [0.29, 0.717) is 16.8 Å². The molecular formula is C16H18ClNO. The highest BCUT2D eigenvalue weighted by molar-refractivity contribution is 6.32. The van der Waals surface area contributed by atoms with E-state index in [4.69, 9.17) is 16.3 Å². The SMILES string of the molecule is CCC(NC)c1ccc(Oc2ccccc2Cl)cc1. The van der Waals surface area contributed by atoms with Gasteiger partial charge in [0, 0.05) is 6.04 Å². The lowest BCUT2D eigenvalue weighted by Gasteiger charge is -2.15. The molecule has 0 saturated carbocycles. The van der Waals surface area contributed by atoms with E-state index in [1.54, 1.807) is 0 Å². The van der Waals surface area contributed by atoms with Crippen molar-refractivity contribution in [1.29, 1.82) is 0 Å². The fraction of sp³-hybridized carbons (Fsp3) is 0.250. The van der Waals surface area contributed by atoms with E-state index in [1.165, 1.54) is 5.56 Å². The van der Waals surface area contributed by atoms with E-state index >= 15 is 0 Å². The van der Waals surface area contributed by atoms with Crippen LogP contribution in [0.2, 0.25) is 5.02 Å². The molecule has 0 bridgehead atoms. The zero-order valence-electron chi connectivity index (χ0n) is 11.2. The number of halogens is 1. The van der Waals surface area contributed by atoms with Crippen LogP contribution in [0.5, 0.6) is 11.5 Å². The van der Waals surface area contributed by atoms with Gasteiger partial charge in [-0.2, -0.15) is 0 Å². The fourth-order valence-corrected chi connectivity index (χ4v) is 2.20. The third kappa shape index (κ3) is 3.49. The number of benzene rings is 2. The van der Waals surface area contributed by atoms with Gasteiger partial charge in [-0.1, -0.05) is 42.8 Å². The lowest BCUT2D eigenvalue weighted by Crippen LogP contribution is -2.14. The van der Waals surface area contributed by atoms with E-state index in [9.17, 15) is 0 Å². The van der Waals surface area contributed by atoms with Crippen molar-refractivity contribution in [3.05, 3.63) is 59.1 Å². The molecule has 19 heavy (non-hydrogen) atoms. The van der Waals surface area contributed by atoms with Crippen molar-refractivity contribution >= 4 is 11.6 Å². The predicted molar refractivity (Wildman–Crippen MR) is 80.1 cm³/mol. The molecule has 2 aromatic rings. The van der Waals surface area contributed by atoms with E-state index in [0.717, 1.165) is 12.2 Å². The molecule has 1 atom stereocenters. The molecule has 0 aliphatic heterocycles. The number of nitrogens with one attached hydrogen (secondary N) is 1. The maximum Gasteiger partial charge on any atom is 0.146 e. The minimum absolute atomic E-state index is 0.384. The summed E-state index contributed by atoms with van der Waals surface area (Å²) in [5.41, 5.74) is 1.26. The van der Waals surface area contributed by atoms with Crippen LogP contribution < -0.4 is 10.1 Å². The Morgan fingerprint density at radius 1 is 1.11 bits per heavy atom. The van der Waals surface area contributed by atoms with E-state index in [-0.39, 0.29) is 0 Å². The summed E-state index contributed by atoms with van der Waals surface area (Å²) in [6.07, 6.45) is 1.06. The summed E-state index contributed by atoms with van der Waals surface area (Å²) in [5.74, 6) is 1.47. The molecule has 100 valence electrons. The number of hydrogen-bond donors (Lipinski definition) is 1. The van der Waals surface area contributed by atoms with Crippen LogP contribution in [0.4, 0.5) is 0 Å². The molecule has 0 aliphatic rings. The minimum Gasteiger partial charge on any atom is -0.456 e. The first-order valence-electron chi connectivity index (χ1n) is 6.44. The molecule has 0 saturated heterocycles. The van der Waals surface area contributed by atoms with Gasteiger partial charge in [0.2, 0.25) is 0 Å². The Morgan fingerprint density at radius 3 is 2.37 bits per heavy atom. The Morgan fingerprint density at radius 2 is 1.79 bits per heavy atom. The largest absolute Gasteiger partial charge is 0.456 e. The zero-order valence-corrected chi connectivity index (χ0v) is 11.9. The molecule has 0 aromatic heterocycles. The van der Waals surface area contributed by atoms with Crippen LogP contribution in [0, 0.1) is 0 Å². The maximum atomic E-state index is 6.07. The highest BCUT2D eigenvalue weighted by Crippen LogP contribution is 2.29. The van der Waals surface area contributed by atoms with Gasteiger partial charge in [-0.15, -0.1) is 0 Å². The van der Waals surface area contributed by atoms with E-state index in [1.807, 2.05) is 43.4 Å². The Hall–Kier alpha value is -1.51. The Bertz CT molecular complexity index is 521. The Labute approximate surface area is 119 Å². The summed E-state index contributed by atoms with van der Waals surface area (Å²) in [6.45, 7) is 2.16. The van der Waals surface area contributed by atoms with Gasteiger partial charge in [0.25, 0.3) is 0 Å². The smallest absolute Gasteiger partial charge is 0.146 e. The normalized spacial score (nSPS) is 12.2. The molecule has 0 aliphatic carbocycles. The monoisotopic (exact) mass is 275 g/mol. The molecule has 3 heteroatoms. The Balaban J connectivity index is 2.13. The predicted octanol–water partition coefficient (Wildman–Crippen LogP) is 4.80. The summed E-state index contributed by atoms with van der Waals surface area (Å²) in [7, 11) is 1.97. The Kier molecular flexibility index (Phi) is 4.83. The van der Waals surface area contributed by atoms with Crippen LogP contribution in [0.15, 0.2) is 48.5 Å². The van der Waals surface area contributed by atoms with Gasteiger partial charge in [0.05, 0.1) is 5.02 Å². The molecule has 0 amide bonds. The van der Waals surface area contributed by atoms with E-state index < -0.39 is 0 Å². The van der Waals surface area contributed by atoms with Crippen LogP contribution in [-0.4, -0.2) is 7.05 Å². The molecule has 0 radical (unpaired) electrons. The van der Waals surface area contributed by atoms with Crippen molar-refractivity contribution < 1.29 is 4.74 Å². The number of hydrogen-bond acceptors (Lipinski definition) is 2. The van der Waals surface area contributed by atoms with Gasteiger partial charge in [-0.05, 0) is 43.3 Å². The van der Waals surface area contributed by atoms with Crippen LogP contribution in [-0.2, 0) is 0 Å². The van der Waals surface area contributed by atoms with Gasteiger partial charge in [-0.25, -0.2) is 0 Å². The van der Waals surface area contributed by atoms with Crippen molar-refractivity contribution in [1.82, 2.24) is 5.32 Å². The first-order chi connectivity index (χ1) is 9.24. The van der Waals surface area contributed by atoms with Crippen LogP contribution in [0.3, 0.4) is 0 Å². The summed E-state index contributed by atoms with van der Waals surface area (Å²) < 4.78 is 5.76. The van der Waals surface area contributed by atoms with Gasteiger partial charge >= 0.3 is 0 Å². The number of ether oxygens (including phenoxy) is 1. The molecule has 2 nitrogen and oxygen atoms in total. The second-order valence-corrected chi connectivity index (χ2v) is 4.76. The number of rotatable bonds is 5. The van der Waals surface area contributed by atoms with Crippen molar-refractivity contribution in [2.24, 2.45) is 0 Å². The van der Waals surface area contributed by atoms with Crippen molar-refractivity contribution in [2.45, 2.75) is 19.4 Å². The standard InChI is InChI=1S/C16H18ClNO/c1-3-15(18-2)12-8-10-13(11-9-12)19-16-7-5-4-6-14(16)17/h4-11,15,18H,3H2,1-2H3. The van der Waals surface area contributed by atoms with Crippen LogP contribution in [0.25, 0.3) is 0 Å². The summed E-state index contributed by atoms with van der Waals surface area (Å²) in [4.78, 5) is 0. The summed E-state index contributed by atoms with van der Waals surface area (Å²) >= 11 is 6.07. The lowest BCUT2D eigenvalue weighted by atomic mass is 10.0. The highest BCUT2D eigenvalue weighted by atomic mass is 35.5. The first kappa shape index (κ1) is 13.9. The topological polar surface area (TPSA) is 21.3 Å². The van der Waals surface area contributed by atoms with Gasteiger partial charge < -0.3 is 10.1 Å². The van der Waals surface area contributed by atoms with Crippen molar-refractivity contribution in [3.63, 3.8) is 0 Å². The average molecular weight is 276 g/mol. The van der Waals surface area contributed by atoms with Crippen molar-refractivity contribution in [2.75, 3.05) is 7.05 Å². The highest BCUT2D eigenvalue weighted by Gasteiger charge is 2.07. The quantitative estimate of drug-likeness (QED) is 0.846. The van der Waals surface area contributed by atoms with Crippen LogP contribution in [0.1, 0.15) is 24.9 Å². The third-order valence-electron chi connectivity index (χ3n) is 3.10.